The summed E-state index contributed by atoms with van der Waals surface area (Å²) in [4.78, 5) is 12.4. The molecule has 1 N–H and O–H groups in total. The lowest BCUT2D eigenvalue weighted by Gasteiger charge is -2.17. The third-order valence-corrected chi connectivity index (χ3v) is 3.73. The number of amides is 1. The van der Waals surface area contributed by atoms with Gasteiger partial charge in [0.1, 0.15) is 11.5 Å². The molecule has 0 bridgehead atoms. The van der Waals surface area contributed by atoms with Crippen LogP contribution in [0.3, 0.4) is 0 Å². The molecule has 25 heavy (non-hydrogen) atoms. The zero-order valence-corrected chi connectivity index (χ0v) is 15.1. The minimum absolute atomic E-state index is 0.258. The van der Waals surface area contributed by atoms with Crippen LogP contribution in [0.2, 0.25) is 0 Å². The Kier molecular flexibility index (Phi) is 6.11. The molecule has 0 radical (unpaired) electrons. The molecule has 134 valence electrons. The molecule has 1 amide bonds. The maximum absolute atomic E-state index is 12.4. The summed E-state index contributed by atoms with van der Waals surface area (Å²) in [6.45, 7) is 3.57. The summed E-state index contributed by atoms with van der Waals surface area (Å²) in [6.07, 6.45) is -0.666. The van der Waals surface area contributed by atoms with Gasteiger partial charge in [-0.2, -0.15) is 0 Å². The van der Waals surface area contributed by atoms with E-state index >= 15 is 0 Å². The molecule has 0 fully saturated rings. The quantitative estimate of drug-likeness (QED) is 0.833. The average molecular weight is 345 g/mol. The standard InChI is InChI=1S/C19H23NO5/c1-12-10-17(23-4)18(24-5)11-16(12)20-19(21)13(2)25-15-8-6-14(22-3)7-9-15/h6-11,13H,1-5H3,(H,20,21). The molecule has 0 saturated carbocycles. The SMILES string of the molecule is COc1ccc(OC(C)C(=O)Nc2cc(OC)c(OC)cc2C)cc1. The Labute approximate surface area is 147 Å². The summed E-state index contributed by atoms with van der Waals surface area (Å²) < 4.78 is 21.3. The number of carbonyl (C=O) groups excluding carboxylic acids is 1. The molecular weight excluding hydrogens is 322 g/mol. The van der Waals surface area contributed by atoms with Gasteiger partial charge in [0.2, 0.25) is 0 Å². The summed E-state index contributed by atoms with van der Waals surface area (Å²) >= 11 is 0. The molecule has 0 aliphatic heterocycles. The van der Waals surface area contributed by atoms with Crippen LogP contribution in [0.15, 0.2) is 36.4 Å². The lowest BCUT2D eigenvalue weighted by molar-refractivity contribution is -0.122. The molecule has 6 nitrogen and oxygen atoms in total. The van der Waals surface area contributed by atoms with Gasteiger partial charge >= 0.3 is 0 Å². The molecule has 2 rings (SSSR count). The summed E-state index contributed by atoms with van der Waals surface area (Å²) in [7, 11) is 4.71. The summed E-state index contributed by atoms with van der Waals surface area (Å²) in [6, 6.07) is 10.6. The molecule has 0 aliphatic rings. The van der Waals surface area contributed by atoms with Gasteiger partial charge in [0.15, 0.2) is 17.6 Å². The smallest absolute Gasteiger partial charge is 0.265 e. The highest BCUT2D eigenvalue weighted by Crippen LogP contribution is 2.33. The molecule has 2 aromatic carbocycles. The van der Waals surface area contributed by atoms with Crippen LogP contribution >= 0.6 is 0 Å². The number of benzene rings is 2. The van der Waals surface area contributed by atoms with Crippen molar-refractivity contribution in [1.29, 1.82) is 0 Å². The van der Waals surface area contributed by atoms with Gasteiger partial charge in [0.05, 0.1) is 21.3 Å². The van der Waals surface area contributed by atoms with Crippen LogP contribution in [0.5, 0.6) is 23.0 Å². The zero-order chi connectivity index (χ0) is 18.4. The molecule has 0 spiro atoms. The van der Waals surface area contributed by atoms with E-state index in [1.807, 2.05) is 13.0 Å². The van der Waals surface area contributed by atoms with Gasteiger partial charge in [0.25, 0.3) is 5.91 Å². The third-order valence-electron chi connectivity index (χ3n) is 3.73. The lowest BCUT2D eigenvalue weighted by Crippen LogP contribution is -2.30. The Morgan fingerprint density at radius 2 is 1.48 bits per heavy atom. The second-order valence-electron chi connectivity index (χ2n) is 5.45. The summed E-state index contributed by atoms with van der Waals surface area (Å²) in [5, 5.41) is 2.85. The van der Waals surface area contributed by atoms with E-state index in [1.54, 1.807) is 58.6 Å². The fourth-order valence-corrected chi connectivity index (χ4v) is 2.26. The minimum Gasteiger partial charge on any atom is -0.497 e. The number of hydrogen-bond donors (Lipinski definition) is 1. The first-order valence-electron chi connectivity index (χ1n) is 7.82. The van der Waals surface area contributed by atoms with Crippen molar-refractivity contribution >= 4 is 11.6 Å². The number of aryl methyl sites for hydroxylation is 1. The van der Waals surface area contributed by atoms with Gasteiger partial charge in [-0.05, 0) is 49.7 Å². The molecule has 1 atom stereocenters. The number of hydrogen-bond acceptors (Lipinski definition) is 5. The van der Waals surface area contributed by atoms with E-state index in [-0.39, 0.29) is 5.91 Å². The van der Waals surface area contributed by atoms with Crippen LogP contribution < -0.4 is 24.3 Å². The second kappa shape index (κ2) is 8.28. The fourth-order valence-electron chi connectivity index (χ4n) is 2.26. The Balaban J connectivity index is 2.07. The van der Waals surface area contributed by atoms with Crippen molar-refractivity contribution in [2.45, 2.75) is 20.0 Å². The van der Waals surface area contributed by atoms with Crippen molar-refractivity contribution in [3.63, 3.8) is 0 Å². The van der Waals surface area contributed by atoms with Gasteiger partial charge in [-0.1, -0.05) is 0 Å². The lowest BCUT2D eigenvalue weighted by atomic mass is 10.1. The van der Waals surface area contributed by atoms with Crippen LogP contribution in [0.1, 0.15) is 12.5 Å². The normalized spacial score (nSPS) is 11.4. The van der Waals surface area contributed by atoms with E-state index in [2.05, 4.69) is 5.32 Å². The predicted molar refractivity (Wildman–Crippen MR) is 96.0 cm³/mol. The molecule has 6 heteroatoms. The van der Waals surface area contributed by atoms with E-state index in [0.29, 0.717) is 22.9 Å². The van der Waals surface area contributed by atoms with Crippen LogP contribution in [-0.4, -0.2) is 33.3 Å². The van der Waals surface area contributed by atoms with Crippen molar-refractivity contribution < 1.29 is 23.7 Å². The Morgan fingerprint density at radius 1 is 0.920 bits per heavy atom. The highest BCUT2D eigenvalue weighted by molar-refractivity contribution is 5.95. The summed E-state index contributed by atoms with van der Waals surface area (Å²) in [5.74, 6) is 2.22. The van der Waals surface area contributed by atoms with Crippen LogP contribution in [0.4, 0.5) is 5.69 Å². The van der Waals surface area contributed by atoms with Crippen molar-refractivity contribution in [2.24, 2.45) is 0 Å². The minimum atomic E-state index is -0.666. The number of rotatable bonds is 7. The molecule has 0 saturated heterocycles. The predicted octanol–water partition coefficient (Wildman–Crippen LogP) is 3.43. The van der Waals surface area contributed by atoms with E-state index in [9.17, 15) is 4.79 Å². The summed E-state index contributed by atoms with van der Waals surface area (Å²) in [5.41, 5.74) is 1.51. The fraction of sp³-hybridized carbons (Fsp3) is 0.316. The van der Waals surface area contributed by atoms with Gasteiger partial charge in [-0.3, -0.25) is 4.79 Å². The molecule has 0 aromatic heterocycles. The first kappa shape index (κ1) is 18.4. The molecule has 2 aromatic rings. The molecule has 1 unspecified atom stereocenters. The number of methoxy groups -OCH3 is 3. The highest BCUT2D eigenvalue weighted by Gasteiger charge is 2.17. The van der Waals surface area contributed by atoms with Gasteiger partial charge < -0.3 is 24.3 Å². The number of nitrogens with one attached hydrogen (secondary N) is 1. The Hall–Kier alpha value is -2.89. The van der Waals surface area contributed by atoms with Crippen molar-refractivity contribution in [3.8, 4) is 23.0 Å². The van der Waals surface area contributed by atoms with Crippen molar-refractivity contribution in [2.75, 3.05) is 26.6 Å². The van der Waals surface area contributed by atoms with Crippen LogP contribution in [-0.2, 0) is 4.79 Å². The van der Waals surface area contributed by atoms with E-state index in [1.165, 1.54) is 0 Å². The maximum atomic E-state index is 12.4. The number of carbonyl (C=O) groups is 1. The average Bonchev–Trinajstić information content (AvgIpc) is 2.63. The Morgan fingerprint density at radius 3 is 2.04 bits per heavy atom. The van der Waals surface area contributed by atoms with Gasteiger partial charge in [-0.25, -0.2) is 0 Å². The first-order valence-corrected chi connectivity index (χ1v) is 7.82. The van der Waals surface area contributed by atoms with Gasteiger partial charge in [0, 0.05) is 11.8 Å². The molecule has 0 heterocycles. The number of ether oxygens (including phenoxy) is 4. The topological polar surface area (TPSA) is 66.0 Å². The highest BCUT2D eigenvalue weighted by atomic mass is 16.5. The maximum Gasteiger partial charge on any atom is 0.265 e. The molecular formula is C19H23NO5. The van der Waals surface area contributed by atoms with Crippen molar-refractivity contribution in [3.05, 3.63) is 42.0 Å². The second-order valence-corrected chi connectivity index (χ2v) is 5.45. The first-order chi connectivity index (χ1) is 12.0. The third kappa shape index (κ3) is 4.56. The van der Waals surface area contributed by atoms with Crippen molar-refractivity contribution in [1.82, 2.24) is 0 Å². The zero-order valence-electron chi connectivity index (χ0n) is 15.1. The largest absolute Gasteiger partial charge is 0.497 e. The van der Waals surface area contributed by atoms with E-state index in [4.69, 9.17) is 18.9 Å². The number of anilines is 1. The van der Waals surface area contributed by atoms with Crippen LogP contribution in [0, 0.1) is 6.92 Å². The Bertz CT molecular complexity index is 727. The van der Waals surface area contributed by atoms with E-state index < -0.39 is 6.10 Å². The van der Waals surface area contributed by atoms with Gasteiger partial charge in [-0.15, -0.1) is 0 Å². The van der Waals surface area contributed by atoms with E-state index in [0.717, 1.165) is 11.3 Å². The monoisotopic (exact) mass is 345 g/mol. The molecule has 0 aliphatic carbocycles. The van der Waals surface area contributed by atoms with Crippen LogP contribution in [0.25, 0.3) is 0 Å².